The second-order valence-corrected chi connectivity index (χ2v) is 6.02. The lowest BCUT2D eigenvalue weighted by Crippen LogP contribution is -2.37. The number of rotatable bonds is 3. The lowest BCUT2D eigenvalue weighted by atomic mass is 9.92. The number of nitrogens with one attached hydrogen (secondary N) is 1. The summed E-state index contributed by atoms with van der Waals surface area (Å²) in [5.41, 5.74) is 5.27. The third-order valence-electron chi connectivity index (χ3n) is 2.37. The number of carbonyl (C=O) groups is 1. The Morgan fingerprint density at radius 2 is 1.88 bits per heavy atom. The van der Waals surface area contributed by atoms with Crippen LogP contribution in [0.4, 0.5) is 5.69 Å². The first kappa shape index (κ1) is 14.8. The van der Waals surface area contributed by atoms with E-state index in [1.807, 2.05) is 0 Å². The second kappa shape index (κ2) is 5.57. The van der Waals surface area contributed by atoms with Crippen LogP contribution in [0.1, 0.15) is 13.8 Å². The zero-order valence-electron chi connectivity index (χ0n) is 9.48. The van der Waals surface area contributed by atoms with Crippen LogP contribution >= 0.6 is 39.1 Å². The predicted octanol–water partition coefficient (Wildman–Crippen LogP) is 3.68. The van der Waals surface area contributed by atoms with Crippen molar-refractivity contribution in [1.29, 1.82) is 0 Å². The molecule has 0 aliphatic heterocycles. The van der Waals surface area contributed by atoms with Gasteiger partial charge in [-0.25, -0.2) is 0 Å². The Labute approximate surface area is 119 Å². The minimum Gasteiger partial charge on any atom is -0.329 e. The topological polar surface area (TPSA) is 55.1 Å². The van der Waals surface area contributed by atoms with Crippen molar-refractivity contribution in [2.45, 2.75) is 13.8 Å². The van der Waals surface area contributed by atoms with E-state index in [1.54, 1.807) is 26.0 Å². The first-order chi connectivity index (χ1) is 7.77. The Morgan fingerprint density at radius 3 is 2.29 bits per heavy atom. The van der Waals surface area contributed by atoms with E-state index in [-0.39, 0.29) is 12.5 Å². The van der Waals surface area contributed by atoms with Gasteiger partial charge in [-0.3, -0.25) is 4.79 Å². The molecule has 0 heterocycles. The molecule has 0 bridgehead atoms. The molecule has 0 aromatic heterocycles. The highest BCUT2D eigenvalue weighted by Crippen LogP contribution is 2.34. The highest BCUT2D eigenvalue weighted by molar-refractivity contribution is 9.10. The number of hydrogen-bond acceptors (Lipinski definition) is 2. The number of benzene rings is 1. The third kappa shape index (κ3) is 3.58. The van der Waals surface area contributed by atoms with Crippen LogP contribution in [-0.2, 0) is 4.79 Å². The van der Waals surface area contributed by atoms with Crippen molar-refractivity contribution in [3.8, 4) is 0 Å². The van der Waals surface area contributed by atoms with E-state index in [1.165, 1.54) is 0 Å². The molecule has 1 aromatic carbocycles. The molecule has 0 atom stereocenters. The zero-order chi connectivity index (χ0) is 13.2. The number of anilines is 1. The lowest BCUT2D eigenvalue weighted by molar-refractivity contribution is -0.123. The molecule has 0 aliphatic rings. The van der Waals surface area contributed by atoms with Gasteiger partial charge in [-0.1, -0.05) is 39.1 Å². The van der Waals surface area contributed by atoms with E-state index in [2.05, 4.69) is 21.2 Å². The van der Waals surface area contributed by atoms with Crippen LogP contribution in [0.25, 0.3) is 0 Å². The Bertz CT molecular complexity index is 426. The van der Waals surface area contributed by atoms with Gasteiger partial charge >= 0.3 is 0 Å². The van der Waals surface area contributed by atoms with Crippen molar-refractivity contribution in [1.82, 2.24) is 0 Å². The molecule has 0 aliphatic carbocycles. The predicted molar refractivity (Wildman–Crippen MR) is 75.6 cm³/mol. The molecule has 1 rings (SSSR count). The van der Waals surface area contributed by atoms with E-state index in [0.717, 1.165) is 4.47 Å². The smallest absolute Gasteiger partial charge is 0.231 e. The summed E-state index contributed by atoms with van der Waals surface area (Å²) in [5, 5.41) is 3.45. The zero-order valence-corrected chi connectivity index (χ0v) is 12.6. The van der Waals surface area contributed by atoms with Crippen LogP contribution in [0.2, 0.25) is 10.0 Å². The highest BCUT2D eigenvalue weighted by Gasteiger charge is 2.27. The molecule has 0 saturated carbocycles. The maximum atomic E-state index is 11.9. The number of carbonyl (C=O) groups excluding carboxylic acids is 1. The average Bonchev–Trinajstić information content (AvgIpc) is 2.22. The lowest BCUT2D eigenvalue weighted by Gasteiger charge is -2.22. The standard InChI is InChI=1S/C11H13BrCl2N2O/c1-11(2,5-15)10(17)16-9-7(13)3-6(12)4-8(9)14/h3-4H,5,15H2,1-2H3,(H,16,17). The van der Waals surface area contributed by atoms with Crippen LogP contribution in [0, 0.1) is 5.41 Å². The summed E-state index contributed by atoms with van der Waals surface area (Å²) < 4.78 is 0.753. The van der Waals surface area contributed by atoms with Crippen LogP contribution in [0.5, 0.6) is 0 Å². The molecule has 0 unspecified atom stereocenters. The molecule has 0 radical (unpaired) electrons. The largest absolute Gasteiger partial charge is 0.329 e. The third-order valence-corrected chi connectivity index (χ3v) is 3.42. The monoisotopic (exact) mass is 338 g/mol. The number of halogens is 3. The van der Waals surface area contributed by atoms with Crippen molar-refractivity contribution in [2.24, 2.45) is 11.1 Å². The minimum absolute atomic E-state index is 0.217. The summed E-state index contributed by atoms with van der Waals surface area (Å²) in [6, 6.07) is 3.33. The second-order valence-electron chi connectivity index (χ2n) is 4.29. The van der Waals surface area contributed by atoms with Crippen LogP contribution in [-0.4, -0.2) is 12.5 Å². The van der Waals surface area contributed by atoms with Gasteiger partial charge in [0.15, 0.2) is 0 Å². The first-order valence-electron chi connectivity index (χ1n) is 4.94. The SMILES string of the molecule is CC(C)(CN)C(=O)Nc1c(Cl)cc(Br)cc1Cl. The Balaban J connectivity index is 3.01. The van der Waals surface area contributed by atoms with Gasteiger partial charge in [-0.15, -0.1) is 0 Å². The Hall–Kier alpha value is -0.290. The van der Waals surface area contributed by atoms with Gasteiger partial charge in [0.05, 0.1) is 21.1 Å². The number of nitrogens with two attached hydrogens (primary N) is 1. The van der Waals surface area contributed by atoms with E-state index < -0.39 is 5.41 Å². The quantitative estimate of drug-likeness (QED) is 0.882. The molecule has 3 N–H and O–H groups in total. The van der Waals surface area contributed by atoms with Crippen molar-refractivity contribution < 1.29 is 4.79 Å². The fraction of sp³-hybridized carbons (Fsp3) is 0.364. The van der Waals surface area contributed by atoms with Crippen LogP contribution in [0.3, 0.4) is 0 Å². The molecule has 0 saturated heterocycles. The van der Waals surface area contributed by atoms with Crippen LogP contribution < -0.4 is 11.1 Å². The Kier molecular flexibility index (Phi) is 4.84. The number of amides is 1. The van der Waals surface area contributed by atoms with E-state index >= 15 is 0 Å². The Morgan fingerprint density at radius 1 is 1.41 bits per heavy atom. The molecule has 0 spiro atoms. The molecule has 0 fully saturated rings. The van der Waals surface area contributed by atoms with Gasteiger partial charge in [-0.05, 0) is 26.0 Å². The normalized spacial score (nSPS) is 11.4. The molecular weight excluding hydrogens is 327 g/mol. The van der Waals surface area contributed by atoms with Crippen molar-refractivity contribution in [3.05, 3.63) is 26.7 Å². The van der Waals surface area contributed by atoms with Crippen molar-refractivity contribution in [2.75, 3.05) is 11.9 Å². The molecule has 3 nitrogen and oxygen atoms in total. The molecule has 1 amide bonds. The summed E-state index contributed by atoms with van der Waals surface area (Å²) in [6.07, 6.45) is 0. The molecular formula is C11H13BrCl2N2O. The average molecular weight is 340 g/mol. The van der Waals surface area contributed by atoms with Gasteiger partial charge in [-0.2, -0.15) is 0 Å². The maximum absolute atomic E-state index is 11.9. The van der Waals surface area contributed by atoms with Crippen molar-refractivity contribution in [3.63, 3.8) is 0 Å². The fourth-order valence-electron chi connectivity index (χ4n) is 1.04. The molecule has 94 valence electrons. The van der Waals surface area contributed by atoms with Gasteiger partial charge in [0.1, 0.15) is 0 Å². The highest BCUT2D eigenvalue weighted by atomic mass is 79.9. The van der Waals surface area contributed by atoms with E-state index in [0.29, 0.717) is 15.7 Å². The molecule has 17 heavy (non-hydrogen) atoms. The van der Waals surface area contributed by atoms with E-state index in [9.17, 15) is 4.79 Å². The van der Waals surface area contributed by atoms with Gasteiger partial charge < -0.3 is 11.1 Å². The minimum atomic E-state index is -0.667. The van der Waals surface area contributed by atoms with Gasteiger partial charge in [0, 0.05) is 11.0 Å². The molecule has 6 heteroatoms. The van der Waals surface area contributed by atoms with Gasteiger partial charge in [0.2, 0.25) is 5.91 Å². The summed E-state index contributed by atoms with van der Waals surface area (Å²) in [5.74, 6) is -0.217. The summed E-state index contributed by atoms with van der Waals surface area (Å²) >= 11 is 15.3. The van der Waals surface area contributed by atoms with Crippen molar-refractivity contribution >= 4 is 50.7 Å². The maximum Gasteiger partial charge on any atom is 0.231 e. The fourth-order valence-corrected chi connectivity index (χ4v) is 2.34. The molecule has 1 aromatic rings. The number of hydrogen-bond donors (Lipinski definition) is 2. The van der Waals surface area contributed by atoms with Crippen LogP contribution in [0.15, 0.2) is 16.6 Å². The summed E-state index contributed by atoms with van der Waals surface area (Å²) in [7, 11) is 0. The summed E-state index contributed by atoms with van der Waals surface area (Å²) in [4.78, 5) is 11.9. The first-order valence-corrected chi connectivity index (χ1v) is 6.49. The van der Waals surface area contributed by atoms with E-state index in [4.69, 9.17) is 28.9 Å². The summed E-state index contributed by atoms with van der Waals surface area (Å²) in [6.45, 7) is 3.75. The van der Waals surface area contributed by atoms with Gasteiger partial charge in [0.25, 0.3) is 0 Å².